The molecule has 0 saturated carbocycles. The van der Waals surface area contributed by atoms with Crippen LogP contribution in [0.1, 0.15) is 5.56 Å². The zero-order chi connectivity index (χ0) is 19.6. The standard InChI is InChI=1S/C23H20N6/c1-28-16-20(14-27-28)18-7-9-19(10-8-18)21-15-26-23-6-2-5-22(29(21)23)25-13-17-4-3-11-24-12-17/h2-12,14-16,25H,13H2,1H3. The molecule has 0 aliphatic rings. The van der Waals surface area contributed by atoms with Crippen LogP contribution in [0.4, 0.5) is 5.82 Å². The van der Waals surface area contributed by atoms with Crippen molar-refractivity contribution in [1.29, 1.82) is 0 Å². The fraction of sp³-hybridized carbons (Fsp3) is 0.0870. The monoisotopic (exact) mass is 380 g/mol. The summed E-state index contributed by atoms with van der Waals surface area (Å²) in [6.45, 7) is 0.699. The van der Waals surface area contributed by atoms with Gasteiger partial charge in [-0.1, -0.05) is 36.4 Å². The molecule has 4 aromatic heterocycles. The van der Waals surface area contributed by atoms with Gasteiger partial charge in [-0.2, -0.15) is 5.10 Å². The van der Waals surface area contributed by atoms with Crippen molar-refractivity contribution < 1.29 is 0 Å². The highest BCUT2D eigenvalue weighted by Gasteiger charge is 2.10. The van der Waals surface area contributed by atoms with Crippen LogP contribution in [0.2, 0.25) is 0 Å². The van der Waals surface area contributed by atoms with Gasteiger partial charge in [0.25, 0.3) is 0 Å². The van der Waals surface area contributed by atoms with Gasteiger partial charge in [0.05, 0.1) is 18.1 Å². The van der Waals surface area contributed by atoms with Gasteiger partial charge in [-0.15, -0.1) is 0 Å². The molecule has 0 aliphatic heterocycles. The van der Waals surface area contributed by atoms with E-state index >= 15 is 0 Å². The quantitative estimate of drug-likeness (QED) is 0.491. The van der Waals surface area contributed by atoms with E-state index in [-0.39, 0.29) is 0 Å². The van der Waals surface area contributed by atoms with Gasteiger partial charge in [0.2, 0.25) is 0 Å². The van der Waals surface area contributed by atoms with Crippen LogP contribution in [0, 0.1) is 0 Å². The van der Waals surface area contributed by atoms with E-state index in [1.807, 2.05) is 54.7 Å². The number of benzene rings is 1. The van der Waals surface area contributed by atoms with Crippen LogP contribution in [0.25, 0.3) is 28.0 Å². The minimum atomic E-state index is 0.699. The summed E-state index contributed by atoms with van der Waals surface area (Å²) in [7, 11) is 1.93. The lowest BCUT2D eigenvalue weighted by Gasteiger charge is -2.12. The second-order valence-corrected chi connectivity index (χ2v) is 6.94. The molecule has 0 fully saturated rings. The number of nitrogens with one attached hydrogen (secondary N) is 1. The van der Waals surface area contributed by atoms with Crippen LogP contribution in [-0.4, -0.2) is 24.1 Å². The van der Waals surface area contributed by atoms with Crippen LogP contribution in [0.15, 0.2) is 85.6 Å². The summed E-state index contributed by atoms with van der Waals surface area (Å²) < 4.78 is 3.96. The SMILES string of the molecule is Cn1cc(-c2ccc(-c3cnc4cccc(NCc5cccnc5)n34)cc2)cn1. The van der Waals surface area contributed by atoms with E-state index in [4.69, 9.17) is 0 Å². The molecule has 0 bridgehead atoms. The Morgan fingerprint density at radius 2 is 1.72 bits per heavy atom. The molecule has 0 radical (unpaired) electrons. The maximum absolute atomic E-state index is 4.59. The van der Waals surface area contributed by atoms with Crippen molar-refractivity contribution in [3.05, 3.63) is 91.1 Å². The van der Waals surface area contributed by atoms with E-state index in [1.54, 1.807) is 6.20 Å². The van der Waals surface area contributed by atoms with Gasteiger partial charge < -0.3 is 5.32 Å². The molecule has 0 unspecified atom stereocenters. The summed E-state index contributed by atoms with van der Waals surface area (Å²) in [6, 6.07) is 18.6. The van der Waals surface area contributed by atoms with Gasteiger partial charge in [0.15, 0.2) is 0 Å². The van der Waals surface area contributed by atoms with Gasteiger partial charge in [-0.05, 0) is 29.3 Å². The second-order valence-electron chi connectivity index (χ2n) is 6.94. The van der Waals surface area contributed by atoms with Crippen molar-refractivity contribution in [3.63, 3.8) is 0 Å². The molecule has 0 saturated heterocycles. The Bertz CT molecular complexity index is 1250. The first kappa shape index (κ1) is 17.2. The molecule has 5 rings (SSSR count). The fourth-order valence-electron chi connectivity index (χ4n) is 3.48. The zero-order valence-corrected chi connectivity index (χ0v) is 16.0. The third-order valence-corrected chi connectivity index (χ3v) is 4.94. The number of fused-ring (bicyclic) bond motifs is 1. The number of aryl methyl sites for hydroxylation is 1. The zero-order valence-electron chi connectivity index (χ0n) is 16.0. The molecule has 29 heavy (non-hydrogen) atoms. The summed E-state index contributed by atoms with van der Waals surface area (Å²) in [5.41, 5.74) is 6.45. The Morgan fingerprint density at radius 3 is 2.48 bits per heavy atom. The first-order chi connectivity index (χ1) is 14.3. The van der Waals surface area contributed by atoms with Crippen LogP contribution in [-0.2, 0) is 13.6 Å². The minimum absolute atomic E-state index is 0.699. The third-order valence-electron chi connectivity index (χ3n) is 4.94. The number of rotatable bonds is 5. The number of hydrogen-bond donors (Lipinski definition) is 1. The normalized spacial score (nSPS) is 11.1. The summed E-state index contributed by atoms with van der Waals surface area (Å²) in [4.78, 5) is 8.78. The molecule has 0 spiro atoms. The van der Waals surface area contributed by atoms with Gasteiger partial charge in [-0.25, -0.2) is 4.98 Å². The van der Waals surface area contributed by atoms with Crippen molar-refractivity contribution >= 4 is 11.5 Å². The average molecular weight is 380 g/mol. The molecule has 1 N–H and O–H groups in total. The molecule has 0 atom stereocenters. The molecular formula is C23H20N6. The van der Waals surface area contributed by atoms with Crippen molar-refractivity contribution in [1.82, 2.24) is 24.1 Å². The lowest BCUT2D eigenvalue weighted by atomic mass is 10.1. The van der Waals surface area contributed by atoms with Crippen LogP contribution in [0.5, 0.6) is 0 Å². The number of nitrogens with zero attached hydrogens (tertiary/aromatic N) is 5. The summed E-state index contributed by atoms with van der Waals surface area (Å²) >= 11 is 0. The molecule has 5 aromatic rings. The summed E-state index contributed by atoms with van der Waals surface area (Å²) in [6.07, 6.45) is 9.48. The molecular weight excluding hydrogens is 360 g/mol. The van der Waals surface area contributed by atoms with Crippen molar-refractivity contribution in [2.24, 2.45) is 7.05 Å². The molecule has 142 valence electrons. The number of pyridine rings is 2. The molecule has 1 aromatic carbocycles. The van der Waals surface area contributed by atoms with E-state index < -0.39 is 0 Å². The Balaban J connectivity index is 1.48. The molecule has 0 amide bonds. The number of aromatic nitrogens is 5. The lowest BCUT2D eigenvalue weighted by Crippen LogP contribution is -2.05. The Labute approximate surface area is 168 Å². The van der Waals surface area contributed by atoms with E-state index in [1.165, 1.54) is 0 Å². The third kappa shape index (κ3) is 3.36. The first-order valence-corrected chi connectivity index (χ1v) is 9.47. The van der Waals surface area contributed by atoms with Gasteiger partial charge in [0, 0.05) is 43.3 Å². The first-order valence-electron chi connectivity index (χ1n) is 9.47. The maximum atomic E-state index is 4.59. The minimum Gasteiger partial charge on any atom is -0.367 e. The van der Waals surface area contributed by atoms with Crippen LogP contribution < -0.4 is 5.32 Å². The predicted molar refractivity (Wildman–Crippen MR) is 114 cm³/mol. The highest BCUT2D eigenvalue weighted by atomic mass is 15.2. The Hall–Kier alpha value is -3.93. The maximum Gasteiger partial charge on any atom is 0.138 e. The van der Waals surface area contributed by atoms with E-state index in [2.05, 4.69) is 61.2 Å². The van der Waals surface area contributed by atoms with Crippen LogP contribution in [0.3, 0.4) is 0 Å². The van der Waals surface area contributed by atoms with Crippen molar-refractivity contribution in [2.45, 2.75) is 6.54 Å². The largest absolute Gasteiger partial charge is 0.367 e. The second kappa shape index (κ2) is 7.24. The Kier molecular flexibility index (Phi) is 4.29. The van der Waals surface area contributed by atoms with E-state index in [9.17, 15) is 0 Å². The fourth-order valence-corrected chi connectivity index (χ4v) is 3.48. The molecule has 4 heterocycles. The van der Waals surface area contributed by atoms with Gasteiger partial charge in [0.1, 0.15) is 11.5 Å². The number of imidazole rings is 1. The van der Waals surface area contributed by atoms with Crippen molar-refractivity contribution in [3.8, 4) is 22.4 Å². The lowest BCUT2D eigenvalue weighted by molar-refractivity contribution is 0.768. The van der Waals surface area contributed by atoms with Crippen LogP contribution >= 0.6 is 0 Å². The Morgan fingerprint density at radius 1 is 0.862 bits per heavy atom. The molecule has 6 heteroatoms. The smallest absolute Gasteiger partial charge is 0.138 e. The highest BCUT2D eigenvalue weighted by Crippen LogP contribution is 2.27. The average Bonchev–Trinajstić information content (AvgIpc) is 3.40. The predicted octanol–water partition coefficient (Wildman–Crippen LogP) is 4.41. The topological polar surface area (TPSA) is 60.0 Å². The highest BCUT2D eigenvalue weighted by molar-refractivity contribution is 5.71. The summed E-state index contributed by atoms with van der Waals surface area (Å²) in [5.74, 6) is 0.996. The number of hydrogen-bond acceptors (Lipinski definition) is 4. The molecule has 6 nitrogen and oxygen atoms in total. The molecule has 0 aliphatic carbocycles. The van der Waals surface area contributed by atoms with E-state index in [0.717, 1.165) is 39.4 Å². The van der Waals surface area contributed by atoms with E-state index in [0.29, 0.717) is 6.54 Å². The van der Waals surface area contributed by atoms with Gasteiger partial charge in [-0.3, -0.25) is 14.1 Å². The number of anilines is 1. The van der Waals surface area contributed by atoms with Crippen molar-refractivity contribution in [2.75, 3.05) is 5.32 Å². The summed E-state index contributed by atoms with van der Waals surface area (Å²) in [5, 5.41) is 7.77. The van der Waals surface area contributed by atoms with Gasteiger partial charge >= 0.3 is 0 Å².